The van der Waals surface area contributed by atoms with Crippen molar-refractivity contribution >= 4 is 91.3 Å². The summed E-state index contributed by atoms with van der Waals surface area (Å²) < 4.78 is 105. The zero-order chi connectivity index (χ0) is 77.3. The number of alkyl halides is 5. The van der Waals surface area contributed by atoms with Gasteiger partial charge in [-0.25, -0.2) is 53.4 Å². The third kappa shape index (κ3) is 20.0. The van der Waals surface area contributed by atoms with Crippen molar-refractivity contribution in [2.45, 2.75) is 24.5 Å². The first kappa shape index (κ1) is 75.8. The van der Waals surface area contributed by atoms with E-state index in [9.17, 15) is 54.3 Å². The van der Waals surface area contributed by atoms with E-state index in [0.29, 0.717) is 62.2 Å². The van der Waals surface area contributed by atoms with Crippen LogP contribution in [0.3, 0.4) is 0 Å². The van der Waals surface area contributed by atoms with Gasteiger partial charge in [0.2, 0.25) is 15.9 Å². The number of nitrogens with two attached hydrogens (primary N) is 5. The maximum atomic E-state index is 13.3. The highest BCUT2D eigenvalue weighted by molar-refractivity contribution is 7.89. The molecule has 0 radical (unpaired) electrons. The quantitative estimate of drug-likeness (QED) is 0.0402. The number of amides is 5. The van der Waals surface area contributed by atoms with Crippen molar-refractivity contribution < 1.29 is 87.6 Å². The van der Waals surface area contributed by atoms with Gasteiger partial charge in [-0.15, -0.1) is 22.0 Å². The van der Waals surface area contributed by atoms with Crippen molar-refractivity contribution in [1.82, 2.24) is 59.8 Å². The van der Waals surface area contributed by atoms with Gasteiger partial charge in [0.05, 0.1) is 76.6 Å². The molecule has 4 aromatic carbocycles. The Kier molecular flexibility index (Phi) is 23.5. The number of aromatic nitrogens is 12. The second-order valence-corrected chi connectivity index (χ2v) is 23.3. The van der Waals surface area contributed by atoms with Crippen LogP contribution in [0.1, 0.15) is 63.1 Å². The molecule has 1 aliphatic heterocycles. The molecule has 0 fully saturated rings. The normalized spacial score (nSPS) is 11.6. The lowest BCUT2D eigenvalue weighted by Gasteiger charge is -2.14. The van der Waals surface area contributed by atoms with Crippen LogP contribution in [0.4, 0.5) is 73.7 Å². The summed E-state index contributed by atoms with van der Waals surface area (Å²) in [6, 6.07) is 33.5. The number of fused-ring (bicyclic) bond motifs is 1. The molecule has 0 spiro atoms. The largest absolute Gasteiger partial charge is 0.586 e. The van der Waals surface area contributed by atoms with Crippen molar-refractivity contribution in [3.8, 4) is 68.0 Å². The summed E-state index contributed by atoms with van der Waals surface area (Å²) in [5.41, 5.74) is 27.6. The van der Waals surface area contributed by atoms with Crippen LogP contribution in [0.5, 0.6) is 23.0 Å². The fourth-order valence-electron chi connectivity index (χ4n) is 9.30. The van der Waals surface area contributed by atoms with Gasteiger partial charge < -0.3 is 68.5 Å². The average molecular weight is 1520 g/mol. The molecule has 108 heavy (non-hydrogen) atoms. The van der Waals surface area contributed by atoms with Gasteiger partial charge in [-0.05, 0) is 109 Å². The fraction of sp³-hybridized carbons (Fsp3) is 0.0580. The van der Waals surface area contributed by atoms with Crippen LogP contribution in [-0.4, -0.2) is 118 Å². The molecule has 5 amide bonds. The Morgan fingerprint density at radius 3 is 1.29 bits per heavy atom. The van der Waals surface area contributed by atoms with E-state index in [2.05, 4.69) is 101 Å². The number of ether oxygens (including phenoxy) is 4. The third-order valence-corrected chi connectivity index (χ3v) is 15.0. The van der Waals surface area contributed by atoms with Crippen molar-refractivity contribution in [1.29, 1.82) is 0 Å². The maximum absolute atomic E-state index is 13.3. The van der Waals surface area contributed by atoms with E-state index in [1.54, 1.807) is 110 Å². The first-order chi connectivity index (χ1) is 51.6. The molecule has 9 heterocycles. The number of halogens is 5. The molecule has 15 N–H and O–H groups in total. The highest BCUT2D eigenvalue weighted by Gasteiger charge is 2.45. The van der Waals surface area contributed by atoms with E-state index >= 15 is 0 Å². The number of nitrogen functional groups attached to an aromatic ring is 4. The predicted octanol–water partition coefficient (Wildman–Crippen LogP) is 11.8. The standard InChI is InChI=1S/C19H18N6O3.C17H12F3N5O2.C17H11F2N5O3.C16H14N6O3S.10H2/c1-11(26)23-13-5-6-16(28-2)14(8-13)25-19(27)17-18(20)22-10-15(24-17)12-4-3-7-21-9-12;18-17(19,20)27-13-6-2-1-5-11(13)25-16(26)14-15(21)23-9-12(24-14)10-4-3-7-22-8-10;18-17(19)26-12-5-1-4-10(14(12)27-17)24-16(25)13-15(20)22-8-11(23-13)9-3-2-6-21-7-9;17-15-14(22-13(9-20-15)10-3-2-6-19-8-10)16(23)21-11-4-1-5-12(7-11)26(18,24)25;;;;;;;;;;/h3-10H,1-2H3,(H2,20,22)(H,23,26)(H,25,27);1-9H,(H2,21,23)(H,25,26);1-8H,(H2,20,22)(H,24,25);1-9H,(H2,17,20)(H,21,23)(H2,18,24,25);10*1H. The molecule has 0 unspecified atom stereocenters. The first-order valence-corrected chi connectivity index (χ1v) is 32.3. The average Bonchev–Trinajstić information content (AvgIpc) is 1.65. The van der Waals surface area contributed by atoms with Gasteiger partial charge in [0.1, 0.15) is 5.75 Å². The number of carbonyl (C=O) groups excluding carboxylic acids is 5. The lowest BCUT2D eigenvalue weighted by atomic mass is 10.2. The van der Waals surface area contributed by atoms with Crippen LogP contribution >= 0.6 is 0 Å². The summed E-state index contributed by atoms with van der Waals surface area (Å²) in [6.45, 7) is 1.39. The fourth-order valence-corrected chi connectivity index (χ4v) is 9.86. The van der Waals surface area contributed by atoms with Gasteiger partial charge in [-0.1, -0.05) is 24.3 Å². The van der Waals surface area contributed by atoms with E-state index in [-0.39, 0.29) is 99.7 Å². The van der Waals surface area contributed by atoms with Crippen LogP contribution in [0.25, 0.3) is 45.0 Å². The number of sulfonamides is 1. The number of pyridine rings is 4. The third-order valence-electron chi connectivity index (χ3n) is 14.1. The number of methoxy groups -OCH3 is 1. The summed E-state index contributed by atoms with van der Waals surface area (Å²) in [5.74, 6) is -3.98. The Labute approximate surface area is 621 Å². The van der Waals surface area contributed by atoms with Gasteiger partial charge in [-0.2, -0.15) is 0 Å². The summed E-state index contributed by atoms with van der Waals surface area (Å²) in [4.78, 5) is 110. The van der Waals surface area contributed by atoms with Gasteiger partial charge in [0.25, 0.3) is 23.6 Å². The molecule has 0 saturated heterocycles. The van der Waals surface area contributed by atoms with E-state index in [1.807, 2.05) is 0 Å². The molecule has 0 aliphatic carbocycles. The molecule has 13 rings (SSSR count). The smallest absolute Gasteiger partial charge is 0.495 e. The number of nitrogens with zero attached hydrogens (tertiary/aromatic N) is 12. The van der Waals surface area contributed by atoms with E-state index < -0.39 is 52.1 Å². The number of nitrogens with one attached hydrogen (secondary N) is 5. The van der Waals surface area contributed by atoms with Crippen molar-refractivity contribution in [2.24, 2.45) is 5.14 Å². The molecular weight excluding hydrogens is 1440 g/mol. The second-order valence-electron chi connectivity index (χ2n) is 21.8. The molecule has 1 aliphatic rings. The molecule has 0 bridgehead atoms. The molecular formula is C69H75F5N22O11S. The van der Waals surface area contributed by atoms with Gasteiger partial charge in [-0.3, -0.25) is 43.9 Å². The second kappa shape index (κ2) is 33.5. The minimum Gasteiger partial charge on any atom is -0.495 e. The minimum atomic E-state index is -4.90. The Morgan fingerprint density at radius 2 is 0.870 bits per heavy atom. The molecule has 39 heteroatoms. The lowest BCUT2D eigenvalue weighted by Crippen LogP contribution is -2.26. The highest BCUT2D eigenvalue weighted by Crippen LogP contribution is 2.46. The number of hydrogen-bond acceptors (Lipinski definition) is 27. The topological polar surface area (TPSA) is 501 Å². The van der Waals surface area contributed by atoms with Gasteiger partial charge in [0.15, 0.2) is 63.3 Å². The highest BCUT2D eigenvalue weighted by atomic mass is 32.2. The number of anilines is 9. The van der Waals surface area contributed by atoms with Crippen molar-refractivity contribution in [2.75, 3.05) is 56.6 Å². The predicted molar refractivity (Wildman–Crippen MR) is 403 cm³/mol. The Bertz CT molecular complexity index is 5480. The Hall–Kier alpha value is -14.9. The van der Waals surface area contributed by atoms with Gasteiger partial charge in [0, 0.05) is 104 Å². The monoisotopic (exact) mass is 1510 g/mol. The molecule has 12 aromatic rings. The molecule has 8 aromatic heterocycles. The van der Waals surface area contributed by atoms with Crippen LogP contribution in [-0.2, 0) is 14.8 Å². The Morgan fingerprint density at radius 1 is 0.463 bits per heavy atom. The van der Waals surface area contributed by atoms with E-state index in [1.165, 1.54) is 106 Å². The van der Waals surface area contributed by atoms with E-state index in [0.717, 1.165) is 6.07 Å². The molecule has 0 atom stereocenters. The number of rotatable bonds is 16. The van der Waals surface area contributed by atoms with Crippen LogP contribution in [0.2, 0.25) is 0 Å². The zero-order valence-electron chi connectivity index (χ0n) is 55.7. The van der Waals surface area contributed by atoms with Crippen molar-refractivity contribution in [3.05, 3.63) is 231 Å². The number of primary sulfonamides is 1. The number of carbonyl (C=O) groups is 5. The maximum Gasteiger partial charge on any atom is 0.586 e. The van der Waals surface area contributed by atoms with Gasteiger partial charge >= 0.3 is 12.7 Å². The van der Waals surface area contributed by atoms with Crippen LogP contribution in [0.15, 0.2) is 213 Å². The van der Waals surface area contributed by atoms with Crippen molar-refractivity contribution in [3.63, 3.8) is 0 Å². The SMILES string of the molecule is COc1ccc(NC(C)=O)cc1NC(=O)c1nc(-c2cccnc2)cnc1N.Nc1ncc(-c2cccnc2)nc1C(=O)Nc1cccc(S(N)(=O)=O)c1.Nc1ncc(-c2cccnc2)nc1C(=O)Nc1cccc2c1OC(F)(F)O2.Nc1ncc(-c2cccnc2)nc1C(=O)Nc1ccccc1OC(F)(F)F.[HH].[HH].[HH].[HH].[HH].[HH].[HH].[HH].[HH].[HH]. The summed E-state index contributed by atoms with van der Waals surface area (Å²) in [7, 11) is -2.42. The number of hydrogen-bond donors (Lipinski definition) is 10. The summed E-state index contributed by atoms with van der Waals surface area (Å²) in [5, 5.41) is 17.7. The number of para-hydroxylation sites is 3. The first-order valence-electron chi connectivity index (χ1n) is 30.8. The van der Waals surface area contributed by atoms with E-state index in [4.69, 9.17) is 32.8 Å². The van der Waals surface area contributed by atoms with Crippen LogP contribution < -0.4 is 73.6 Å². The molecule has 33 nitrogen and oxygen atoms in total. The Balaban J connectivity index is 0.00000150. The summed E-state index contributed by atoms with van der Waals surface area (Å²) in [6.07, 6.45) is 9.65. The lowest BCUT2D eigenvalue weighted by molar-refractivity contribution is -0.286. The number of benzene rings is 4. The zero-order valence-corrected chi connectivity index (χ0v) is 56.5. The van der Waals surface area contributed by atoms with Crippen LogP contribution in [0, 0.1) is 0 Å². The molecule has 0 saturated carbocycles. The molecule has 568 valence electrons. The summed E-state index contributed by atoms with van der Waals surface area (Å²) >= 11 is 0. The minimum absolute atomic E-state index is 0.